The van der Waals surface area contributed by atoms with Crippen LogP contribution >= 0.6 is 0 Å². The number of amides is 1. The van der Waals surface area contributed by atoms with E-state index in [9.17, 15) is 9.59 Å². The molecular weight excluding hydrogens is 242 g/mol. The van der Waals surface area contributed by atoms with E-state index in [1.807, 2.05) is 0 Å². The van der Waals surface area contributed by atoms with Crippen molar-refractivity contribution in [3.63, 3.8) is 0 Å². The van der Waals surface area contributed by atoms with Crippen LogP contribution in [0, 0.1) is 0 Å². The summed E-state index contributed by atoms with van der Waals surface area (Å²) in [6.07, 6.45) is 0.168. The number of hydrogen-bond acceptors (Lipinski definition) is 5. The molecule has 2 unspecified atom stereocenters. The van der Waals surface area contributed by atoms with Crippen LogP contribution < -0.4 is 5.32 Å². The molecule has 1 amide bonds. The maximum Gasteiger partial charge on any atom is 0.326 e. The highest BCUT2D eigenvalue weighted by molar-refractivity contribution is 5.86. The number of ether oxygens (including phenoxy) is 3. The van der Waals surface area contributed by atoms with Crippen LogP contribution in [0.25, 0.3) is 0 Å². The van der Waals surface area contributed by atoms with Crippen molar-refractivity contribution in [1.82, 2.24) is 5.32 Å². The quantitative estimate of drug-likeness (QED) is 0.594. The minimum Gasteiger partial charge on any atom is -0.480 e. The molecule has 0 aromatic carbocycles. The first kappa shape index (κ1) is 14.9. The number of methoxy groups -OCH3 is 1. The van der Waals surface area contributed by atoms with E-state index >= 15 is 0 Å². The Bertz CT molecular complexity index is 277. The first-order chi connectivity index (χ1) is 8.65. The molecule has 0 bridgehead atoms. The summed E-state index contributed by atoms with van der Waals surface area (Å²) in [5.41, 5.74) is 0. The van der Waals surface area contributed by atoms with Gasteiger partial charge in [0.25, 0.3) is 5.91 Å². The van der Waals surface area contributed by atoms with Gasteiger partial charge < -0.3 is 24.6 Å². The van der Waals surface area contributed by atoms with Crippen molar-refractivity contribution in [2.75, 3.05) is 33.5 Å². The fourth-order valence-electron chi connectivity index (χ4n) is 1.59. The van der Waals surface area contributed by atoms with Crippen molar-refractivity contribution in [3.05, 3.63) is 0 Å². The molecule has 1 aliphatic rings. The third-order valence-corrected chi connectivity index (χ3v) is 2.56. The number of nitrogens with one attached hydrogen (secondary N) is 1. The van der Waals surface area contributed by atoms with Crippen molar-refractivity contribution in [1.29, 1.82) is 0 Å². The smallest absolute Gasteiger partial charge is 0.326 e. The second-order valence-electron chi connectivity index (χ2n) is 3.97. The maximum atomic E-state index is 11.7. The van der Waals surface area contributed by atoms with E-state index < -0.39 is 24.0 Å². The number of hydrogen-bond donors (Lipinski definition) is 2. The number of carbonyl (C=O) groups is 2. The van der Waals surface area contributed by atoms with E-state index in [-0.39, 0.29) is 6.61 Å². The first-order valence-corrected chi connectivity index (χ1v) is 5.86. The molecule has 1 fully saturated rings. The molecule has 2 N–H and O–H groups in total. The molecule has 2 atom stereocenters. The molecule has 104 valence electrons. The monoisotopic (exact) mass is 261 g/mol. The van der Waals surface area contributed by atoms with Crippen molar-refractivity contribution in [3.8, 4) is 0 Å². The fraction of sp³-hybridized carbons (Fsp3) is 0.818. The van der Waals surface area contributed by atoms with Crippen LogP contribution in [-0.4, -0.2) is 62.7 Å². The molecule has 1 heterocycles. The summed E-state index contributed by atoms with van der Waals surface area (Å²) in [7, 11) is 1.54. The Morgan fingerprint density at radius 2 is 2.28 bits per heavy atom. The molecule has 0 aromatic heterocycles. The number of carboxylic acid groups (broad SMARTS) is 1. The molecule has 0 spiro atoms. The Balaban J connectivity index is 2.38. The van der Waals surface area contributed by atoms with Crippen LogP contribution in [-0.2, 0) is 23.8 Å². The Morgan fingerprint density at radius 1 is 1.50 bits per heavy atom. The normalized spacial score (nSPS) is 21.3. The second-order valence-corrected chi connectivity index (χ2v) is 3.97. The molecule has 0 radical (unpaired) electrons. The first-order valence-electron chi connectivity index (χ1n) is 5.86. The number of rotatable bonds is 7. The summed E-state index contributed by atoms with van der Waals surface area (Å²) in [4.78, 5) is 22.7. The lowest BCUT2D eigenvalue weighted by molar-refractivity contribution is -0.152. The molecule has 7 nitrogen and oxygen atoms in total. The van der Waals surface area contributed by atoms with Crippen molar-refractivity contribution in [2.24, 2.45) is 0 Å². The highest BCUT2D eigenvalue weighted by Gasteiger charge is 2.27. The van der Waals surface area contributed by atoms with Gasteiger partial charge in [-0.05, 0) is 12.8 Å². The lowest BCUT2D eigenvalue weighted by Gasteiger charge is -2.24. The minimum absolute atomic E-state index is 0.163. The molecule has 0 saturated carbocycles. The SMILES string of the molecule is COCCCC(NC(=O)C1COCCO1)C(=O)O. The van der Waals surface area contributed by atoms with Gasteiger partial charge in [-0.15, -0.1) is 0 Å². The molecule has 1 saturated heterocycles. The van der Waals surface area contributed by atoms with Crippen LogP contribution in [0.1, 0.15) is 12.8 Å². The molecule has 1 aliphatic heterocycles. The topological polar surface area (TPSA) is 94.1 Å². The van der Waals surface area contributed by atoms with Gasteiger partial charge in [-0.1, -0.05) is 0 Å². The Kier molecular flexibility index (Phi) is 6.63. The van der Waals surface area contributed by atoms with Gasteiger partial charge >= 0.3 is 5.97 Å². The van der Waals surface area contributed by atoms with Gasteiger partial charge in [0.1, 0.15) is 6.04 Å². The van der Waals surface area contributed by atoms with E-state index in [1.165, 1.54) is 0 Å². The lowest BCUT2D eigenvalue weighted by atomic mass is 10.1. The van der Waals surface area contributed by atoms with Gasteiger partial charge in [-0.3, -0.25) is 4.79 Å². The van der Waals surface area contributed by atoms with Gasteiger partial charge in [0, 0.05) is 13.7 Å². The summed E-state index contributed by atoms with van der Waals surface area (Å²) >= 11 is 0. The van der Waals surface area contributed by atoms with Crippen LogP contribution in [0.2, 0.25) is 0 Å². The maximum absolute atomic E-state index is 11.7. The largest absolute Gasteiger partial charge is 0.480 e. The summed E-state index contributed by atoms with van der Waals surface area (Å²) in [6, 6.07) is -0.918. The van der Waals surface area contributed by atoms with Crippen LogP contribution in [0.5, 0.6) is 0 Å². The van der Waals surface area contributed by atoms with Gasteiger partial charge in [0.2, 0.25) is 0 Å². The van der Waals surface area contributed by atoms with Gasteiger partial charge in [-0.2, -0.15) is 0 Å². The zero-order chi connectivity index (χ0) is 13.4. The fourth-order valence-corrected chi connectivity index (χ4v) is 1.59. The molecule has 7 heteroatoms. The molecule has 0 aliphatic carbocycles. The third kappa shape index (κ3) is 4.99. The van der Waals surface area contributed by atoms with Crippen molar-refractivity contribution in [2.45, 2.75) is 25.0 Å². The average Bonchev–Trinajstić information content (AvgIpc) is 2.38. The van der Waals surface area contributed by atoms with E-state index in [4.69, 9.17) is 19.3 Å². The van der Waals surface area contributed by atoms with Crippen LogP contribution in [0.15, 0.2) is 0 Å². The molecular formula is C11H19NO6. The van der Waals surface area contributed by atoms with Gasteiger partial charge in [-0.25, -0.2) is 4.79 Å². The predicted molar refractivity (Wildman–Crippen MR) is 61.2 cm³/mol. The van der Waals surface area contributed by atoms with E-state index in [0.717, 1.165) is 0 Å². The second kappa shape index (κ2) is 8.02. The zero-order valence-electron chi connectivity index (χ0n) is 10.4. The number of aliphatic carboxylic acids is 1. The van der Waals surface area contributed by atoms with E-state index in [2.05, 4.69) is 5.32 Å². The van der Waals surface area contributed by atoms with E-state index in [0.29, 0.717) is 32.7 Å². The van der Waals surface area contributed by atoms with Crippen LogP contribution in [0.3, 0.4) is 0 Å². The predicted octanol–water partition coefficient (Wildman–Crippen LogP) is -0.602. The Hall–Kier alpha value is -1.18. The van der Waals surface area contributed by atoms with E-state index in [1.54, 1.807) is 7.11 Å². The van der Waals surface area contributed by atoms with Crippen molar-refractivity contribution >= 4 is 11.9 Å². The van der Waals surface area contributed by atoms with Crippen molar-refractivity contribution < 1.29 is 28.9 Å². The minimum atomic E-state index is -1.06. The molecule has 18 heavy (non-hydrogen) atoms. The highest BCUT2D eigenvalue weighted by atomic mass is 16.6. The van der Waals surface area contributed by atoms with Gasteiger partial charge in [0.15, 0.2) is 6.10 Å². The zero-order valence-corrected chi connectivity index (χ0v) is 10.4. The summed E-state index contributed by atoms with van der Waals surface area (Å²) in [5.74, 6) is -1.50. The summed E-state index contributed by atoms with van der Waals surface area (Å²) in [6.45, 7) is 1.43. The standard InChI is InChI=1S/C11H19NO6/c1-16-4-2-3-8(11(14)15)12-10(13)9-7-17-5-6-18-9/h8-9H,2-7H2,1H3,(H,12,13)(H,14,15). The lowest BCUT2D eigenvalue weighted by Crippen LogP contribution is -2.49. The highest BCUT2D eigenvalue weighted by Crippen LogP contribution is 2.04. The summed E-state index contributed by atoms with van der Waals surface area (Å²) < 4.78 is 15.1. The number of carboxylic acids is 1. The van der Waals surface area contributed by atoms with Gasteiger partial charge in [0.05, 0.1) is 19.8 Å². The Labute approximate surface area is 105 Å². The average molecular weight is 261 g/mol. The number of carbonyl (C=O) groups excluding carboxylic acids is 1. The summed E-state index contributed by atoms with van der Waals surface area (Å²) in [5, 5.41) is 11.4. The third-order valence-electron chi connectivity index (χ3n) is 2.56. The Morgan fingerprint density at radius 3 is 2.83 bits per heavy atom. The van der Waals surface area contributed by atoms with Crippen LogP contribution in [0.4, 0.5) is 0 Å². The molecule has 1 rings (SSSR count). The molecule has 0 aromatic rings.